The largest absolute Gasteiger partial charge is 0.398 e. The Balaban J connectivity index is 2.25. The molecule has 132 valence electrons. The summed E-state index contributed by atoms with van der Waals surface area (Å²) in [5.74, 6) is 0. The summed E-state index contributed by atoms with van der Waals surface area (Å²) in [5.41, 5.74) is 10.2. The maximum Gasteiger partial charge on any atom is 0.236 e. The Morgan fingerprint density at radius 1 is 0.731 bits per heavy atom. The lowest BCUT2D eigenvalue weighted by molar-refractivity contribution is 0.0980. The van der Waals surface area contributed by atoms with Crippen molar-refractivity contribution in [2.24, 2.45) is 0 Å². The first-order valence-electron chi connectivity index (χ1n) is 8.97. The third kappa shape index (κ3) is 2.64. The molecular formula is C23H26OSi2. The highest BCUT2D eigenvalue weighted by atomic mass is 29.3. The van der Waals surface area contributed by atoms with Gasteiger partial charge in [-0.2, -0.15) is 0 Å². The van der Waals surface area contributed by atoms with E-state index in [2.05, 4.69) is 86.2 Å². The van der Waals surface area contributed by atoms with Crippen molar-refractivity contribution in [1.82, 2.24) is 0 Å². The first kappa shape index (κ1) is 18.6. The highest BCUT2D eigenvalue weighted by Gasteiger charge is 2.59. The maximum atomic E-state index is 7.15. The maximum absolute atomic E-state index is 7.15. The van der Waals surface area contributed by atoms with Crippen LogP contribution in [0.5, 0.6) is 0 Å². The van der Waals surface area contributed by atoms with E-state index in [4.69, 9.17) is 4.43 Å². The second-order valence-electron chi connectivity index (χ2n) is 6.81. The Hall–Kier alpha value is -2.21. The smallest absolute Gasteiger partial charge is 0.236 e. The van der Waals surface area contributed by atoms with Crippen molar-refractivity contribution in [1.29, 1.82) is 0 Å². The van der Waals surface area contributed by atoms with Crippen molar-refractivity contribution in [2.45, 2.75) is 18.1 Å². The van der Waals surface area contributed by atoms with Crippen LogP contribution in [-0.2, 0) is 10.0 Å². The monoisotopic (exact) mass is 374 g/mol. The van der Waals surface area contributed by atoms with E-state index in [0.29, 0.717) is 0 Å². The molecule has 0 aromatic heterocycles. The first-order valence-corrected chi connectivity index (χ1v) is 14.4. The van der Waals surface area contributed by atoms with Crippen molar-refractivity contribution >= 4 is 15.4 Å². The predicted octanol–water partition coefficient (Wildman–Crippen LogP) is 5.72. The summed E-state index contributed by atoms with van der Waals surface area (Å²) in [6.45, 7) is 16.7. The summed E-state index contributed by atoms with van der Waals surface area (Å²) in [6, 6.07) is 22.1. The van der Waals surface area contributed by atoms with E-state index in [1.54, 1.807) is 0 Å². The lowest BCUT2D eigenvalue weighted by atomic mass is 9.84. The second-order valence-corrected chi connectivity index (χ2v) is 18.0. The van der Waals surface area contributed by atoms with Crippen LogP contribution in [0.3, 0.4) is 0 Å². The minimum absolute atomic E-state index is 0.486. The van der Waals surface area contributed by atoms with Gasteiger partial charge < -0.3 is 4.43 Å². The highest BCUT2D eigenvalue weighted by Crippen LogP contribution is 2.49. The summed E-state index contributed by atoms with van der Waals surface area (Å²) in [4.78, 5) is 0. The summed E-state index contributed by atoms with van der Waals surface area (Å²) in [5, 5.41) is 0. The molecule has 1 heterocycles. The molecule has 0 aliphatic carbocycles. The van der Waals surface area contributed by atoms with Crippen LogP contribution < -0.4 is 0 Å². The van der Waals surface area contributed by atoms with Gasteiger partial charge in [0.15, 0.2) is 0 Å². The van der Waals surface area contributed by atoms with Crippen LogP contribution in [0.25, 0.3) is 0 Å². The van der Waals surface area contributed by atoms with E-state index in [-0.39, 0.29) is 0 Å². The van der Waals surface area contributed by atoms with Crippen LogP contribution in [0.4, 0.5) is 0 Å². The highest BCUT2D eigenvalue weighted by molar-refractivity contribution is 7.47. The van der Waals surface area contributed by atoms with Crippen molar-refractivity contribution < 1.29 is 4.43 Å². The average molecular weight is 375 g/mol. The van der Waals surface area contributed by atoms with Crippen molar-refractivity contribution in [2.75, 3.05) is 0 Å². The SMILES string of the molecule is C=C[Si]1(C=C)CCC(c2ccccc2)(c2ccccc2)O[Si]1(C=C)C=C. The molecule has 26 heavy (non-hydrogen) atoms. The zero-order valence-corrected chi connectivity index (χ0v) is 17.2. The molecule has 1 aliphatic heterocycles. The van der Waals surface area contributed by atoms with E-state index >= 15 is 0 Å². The van der Waals surface area contributed by atoms with Gasteiger partial charge in [0.2, 0.25) is 7.83 Å². The van der Waals surface area contributed by atoms with E-state index < -0.39 is 21.0 Å². The van der Waals surface area contributed by atoms with Gasteiger partial charge in [-0.05, 0) is 23.6 Å². The molecule has 1 saturated heterocycles. The Kier molecular flexibility index (Phi) is 5.14. The Morgan fingerprint density at radius 2 is 1.19 bits per heavy atom. The van der Waals surface area contributed by atoms with Crippen LogP contribution in [0, 0.1) is 0 Å². The van der Waals surface area contributed by atoms with Crippen LogP contribution >= 0.6 is 0 Å². The molecule has 0 atom stereocenters. The van der Waals surface area contributed by atoms with Crippen LogP contribution in [0.15, 0.2) is 110 Å². The van der Waals surface area contributed by atoms with E-state index in [0.717, 1.165) is 12.5 Å². The molecular weight excluding hydrogens is 348 g/mol. The normalized spacial score (nSPS) is 19.8. The topological polar surface area (TPSA) is 9.23 Å². The summed E-state index contributed by atoms with van der Waals surface area (Å²) in [6.07, 6.45) is 0.904. The summed E-state index contributed by atoms with van der Waals surface area (Å²) >= 11 is 0. The van der Waals surface area contributed by atoms with E-state index in [1.807, 2.05) is 23.5 Å². The Bertz CT molecular complexity index is 755. The molecule has 0 bridgehead atoms. The molecule has 1 nitrogen and oxygen atoms in total. The zero-order valence-electron chi connectivity index (χ0n) is 15.2. The van der Waals surface area contributed by atoms with Crippen molar-refractivity contribution in [3.05, 3.63) is 121 Å². The first-order chi connectivity index (χ1) is 12.6. The van der Waals surface area contributed by atoms with E-state index in [1.165, 1.54) is 11.1 Å². The standard InChI is InChI=1S/C23H26OSi2/c1-5-25(6-2)20-19-23(21-15-11-9-12-16-21,22-17-13-10-14-18-22)24-26(25,7-3)8-4/h5-18H,1-4,19-20H2. The molecule has 1 fully saturated rings. The van der Waals surface area contributed by atoms with Gasteiger partial charge in [0.05, 0.1) is 0 Å². The lowest BCUT2D eigenvalue weighted by Crippen LogP contribution is -2.67. The Morgan fingerprint density at radius 3 is 1.58 bits per heavy atom. The molecule has 0 spiro atoms. The molecule has 0 N–H and O–H groups in total. The molecule has 2 aromatic rings. The van der Waals surface area contributed by atoms with Gasteiger partial charge in [-0.1, -0.05) is 83.5 Å². The quantitative estimate of drug-likeness (QED) is 0.587. The van der Waals surface area contributed by atoms with Crippen LogP contribution in [-0.4, -0.2) is 15.4 Å². The number of hydrogen-bond donors (Lipinski definition) is 0. The molecule has 3 rings (SSSR count). The zero-order chi connectivity index (χ0) is 18.7. The van der Waals surface area contributed by atoms with Crippen LogP contribution in [0.1, 0.15) is 17.5 Å². The van der Waals surface area contributed by atoms with Crippen molar-refractivity contribution in [3.63, 3.8) is 0 Å². The van der Waals surface area contributed by atoms with Crippen LogP contribution in [0.2, 0.25) is 6.04 Å². The summed E-state index contributed by atoms with van der Waals surface area (Å²) < 4.78 is 7.15. The van der Waals surface area contributed by atoms with Gasteiger partial charge in [0.25, 0.3) is 0 Å². The fraction of sp³-hybridized carbons (Fsp3) is 0.130. The van der Waals surface area contributed by atoms with Gasteiger partial charge in [-0.15, -0.1) is 26.3 Å². The number of hydrogen-bond acceptors (Lipinski definition) is 1. The van der Waals surface area contributed by atoms with Crippen molar-refractivity contribution in [3.8, 4) is 0 Å². The molecule has 3 heteroatoms. The summed E-state index contributed by atoms with van der Waals surface area (Å²) in [7, 11) is -4.54. The van der Waals surface area contributed by atoms with E-state index in [9.17, 15) is 0 Å². The minimum Gasteiger partial charge on any atom is -0.398 e. The van der Waals surface area contributed by atoms with Gasteiger partial charge >= 0.3 is 0 Å². The molecule has 0 radical (unpaired) electrons. The number of benzene rings is 2. The van der Waals surface area contributed by atoms with Gasteiger partial charge in [-0.25, -0.2) is 0 Å². The average Bonchev–Trinajstić information content (AvgIpc) is 2.74. The second kappa shape index (κ2) is 7.19. The molecule has 2 aromatic carbocycles. The van der Waals surface area contributed by atoms with Gasteiger partial charge in [-0.3, -0.25) is 0 Å². The molecule has 0 amide bonds. The number of rotatable bonds is 6. The minimum atomic E-state index is -2.48. The third-order valence-corrected chi connectivity index (χ3v) is 19.5. The third-order valence-electron chi connectivity index (χ3n) is 5.78. The van der Waals surface area contributed by atoms with Gasteiger partial charge in [0.1, 0.15) is 13.2 Å². The fourth-order valence-corrected chi connectivity index (χ4v) is 15.6. The Labute approximate surface area is 159 Å². The molecule has 1 aliphatic rings. The molecule has 0 unspecified atom stereocenters. The fourth-order valence-electron chi connectivity index (χ4n) is 4.15. The van der Waals surface area contributed by atoms with Gasteiger partial charge in [0, 0.05) is 0 Å². The predicted molar refractivity (Wildman–Crippen MR) is 116 cm³/mol. The lowest BCUT2D eigenvalue weighted by Gasteiger charge is -2.53. The molecule has 0 saturated carbocycles.